The highest BCUT2D eigenvalue weighted by atomic mass is 16.4. The topological polar surface area (TPSA) is 107 Å². The molecule has 0 spiro atoms. The van der Waals surface area contributed by atoms with Gasteiger partial charge in [-0.15, -0.1) is 0 Å². The summed E-state index contributed by atoms with van der Waals surface area (Å²) < 4.78 is 6.62. The van der Waals surface area contributed by atoms with E-state index in [1.54, 1.807) is 11.8 Å². The lowest BCUT2D eigenvalue weighted by Gasteiger charge is -2.28. The molecule has 1 amide bonds. The Labute approximate surface area is 219 Å². The Morgan fingerprint density at radius 1 is 0.842 bits per heavy atom. The highest BCUT2D eigenvalue weighted by Crippen LogP contribution is 2.15. The Hall–Kier alpha value is -3.85. The molecular weight excluding hydrogens is 486 g/mol. The number of rotatable bonds is 11. The van der Waals surface area contributed by atoms with Crippen LogP contribution in [-0.4, -0.2) is 47.0 Å². The SMILES string of the molecule is CC[N+](C)(C)Cc1ccc(CN(CCCCCn2c(=O)c3cc4c(=O)oc(=O)c4cc3c2=O)C(C)=O)cc1. The first kappa shape index (κ1) is 27.2. The number of hydrogen-bond acceptors (Lipinski definition) is 6. The molecule has 0 atom stereocenters. The molecule has 4 rings (SSSR count). The van der Waals surface area contributed by atoms with E-state index in [4.69, 9.17) is 0 Å². The Bertz CT molecular complexity index is 1590. The molecule has 2 aromatic heterocycles. The standard InChI is InChI=1S/C29H34N3O6/c1-5-32(3,4)18-21-11-9-20(10-12-21)17-30(19(2)33)13-7-6-8-14-31-26(34)22-15-24-25(16-23(22)27(31)35)29(37)38-28(24)36/h9-12,15-16H,5-8,13-14,17-18H2,1-4H3/q+1. The van der Waals surface area contributed by atoms with Crippen LogP contribution in [0, 0.1) is 0 Å². The van der Waals surface area contributed by atoms with Crippen molar-refractivity contribution in [1.29, 1.82) is 0 Å². The van der Waals surface area contributed by atoms with E-state index in [2.05, 4.69) is 49.7 Å². The molecule has 9 heteroatoms. The molecule has 2 aromatic carbocycles. The van der Waals surface area contributed by atoms with E-state index in [1.165, 1.54) is 17.7 Å². The van der Waals surface area contributed by atoms with Crippen LogP contribution in [0.4, 0.5) is 0 Å². The van der Waals surface area contributed by atoms with Gasteiger partial charge in [-0.3, -0.25) is 19.0 Å². The number of aromatic nitrogens is 1. The summed E-state index contributed by atoms with van der Waals surface area (Å²) in [5.74, 6) is -0.000620. The zero-order valence-electron chi connectivity index (χ0n) is 22.4. The summed E-state index contributed by atoms with van der Waals surface area (Å²) in [7, 11) is 4.40. The molecule has 0 unspecified atom stereocenters. The maximum atomic E-state index is 12.8. The largest absolute Gasteiger partial charge is 0.386 e. The minimum Gasteiger partial charge on any atom is -0.386 e. The molecule has 0 bridgehead atoms. The van der Waals surface area contributed by atoms with E-state index >= 15 is 0 Å². The summed E-state index contributed by atoms with van der Waals surface area (Å²) >= 11 is 0. The van der Waals surface area contributed by atoms with Crippen molar-refractivity contribution < 1.29 is 13.7 Å². The number of fused-ring (bicyclic) bond motifs is 2. The van der Waals surface area contributed by atoms with Crippen LogP contribution in [0.25, 0.3) is 21.5 Å². The number of quaternary nitrogens is 1. The Morgan fingerprint density at radius 2 is 1.39 bits per heavy atom. The Balaban J connectivity index is 1.34. The van der Waals surface area contributed by atoms with Crippen molar-refractivity contribution in [3.8, 4) is 0 Å². The second-order valence-corrected chi connectivity index (χ2v) is 10.6. The first-order chi connectivity index (χ1) is 18.0. The molecule has 0 aliphatic rings. The summed E-state index contributed by atoms with van der Waals surface area (Å²) in [4.78, 5) is 63.2. The van der Waals surface area contributed by atoms with Crippen LogP contribution in [0.5, 0.6) is 0 Å². The first-order valence-electron chi connectivity index (χ1n) is 13.0. The van der Waals surface area contributed by atoms with Gasteiger partial charge in [0.15, 0.2) is 0 Å². The van der Waals surface area contributed by atoms with Gasteiger partial charge in [-0.25, -0.2) is 9.59 Å². The van der Waals surface area contributed by atoms with Gasteiger partial charge >= 0.3 is 11.3 Å². The maximum Gasteiger partial charge on any atom is 0.346 e. The van der Waals surface area contributed by atoms with Gasteiger partial charge in [0.1, 0.15) is 6.54 Å². The fourth-order valence-electron chi connectivity index (χ4n) is 4.75. The van der Waals surface area contributed by atoms with E-state index in [9.17, 15) is 24.0 Å². The van der Waals surface area contributed by atoms with E-state index in [0.29, 0.717) is 19.5 Å². The molecule has 200 valence electrons. The molecule has 9 nitrogen and oxygen atoms in total. The number of hydrogen-bond donors (Lipinski definition) is 0. The predicted octanol–water partition coefficient (Wildman–Crippen LogP) is 2.52. The van der Waals surface area contributed by atoms with Crippen molar-refractivity contribution in [2.24, 2.45) is 0 Å². The minimum atomic E-state index is -0.808. The molecule has 38 heavy (non-hydrogen) atoms. The molecule has 0 radical (unpaired) electrons. The zero-order valence-corrected chi connectivity index (χ0v) is 22.4. The zero-order chi connectivity index (χ0) is 27.6. The molecule has 0 aliphatic carbocycles. The molecule has 2 heterocycles. The molecule has 0 aliphatic heterocycles. The van der Waals surface area contributed by atoms with Crippen LogP contribution >= 0.6 is 0 Å². The van der Waals surface area contributed by atoms with E-state index in [0.717, 1.165) is 40.5 Å². The summed E-state index contributed by atoms with van der Waals surface area (Å²) in [6, 6.07) is 11.0. The lowest BCUT2D eigenvalue weighted by Crippen LogP contribution is -2.38. The van der Waals surface area contributed by atoms with Gasteiger partial charge in [-0.2, -0.15) is 0 Å². The summed E-state index contributed by atoms with van der Waals surface area (Å²) in [5, 5.41) is 0.261. The number of furan rings is 1. The molecule has 4 aromatic rings. The van der Waals surface area contributed by atoms with Gasteiger partial charge in [0, 0.05) is 32.1 Å². The number of carbonyl (C=O) groups excluding carboxylic acids is 1. The van der Waals surface area contributed by atoms with Crippen LogP contribution in [0.3, 0.4) is 0 Å². The average Bonchev–Trinajstić information content (AvgIpc) is 3.29. The van der Waals surface area contributed by atoms with E-state index in [-0.39, 0.29) is 34.0 Å². The predicted molar refractivity (Wildman–Crippen MR) is 147 cm³/mol. The summed E-state index contributed by atoms with van der Waals surface area (Å²) in [5.41, 5.74) is -0.232. The second-order valence-electron chi connectivity index (χ2n) is 10.6. The van der Waals surface area contributed by atoms with Crippen molar-refractivity contribution in [3.63, 3.8) is 0 Å². The van der Waals surface area contributed by atoms with Crippen LogP contribution < -0.4 is 22.4 Å². The molecule has 0 saturated carbocycles. The summed E-state index contributed by atoms with van der Waals surface area (Å²) in [6.07, 6.45) is 2.04. The number of carbonyl (C=O) groups is 1. The molecular formula is C29H34N3O6+. The van der Waals surface area contributed by atoms with E-state index < -0.39 is 22.4 Å². The van der Waals surface area contributed by atoms with Crippen LogP contribution in [0.2, 0.25) is 0 Å². The molecule has 0 fully saturated rings. The molecule has 0 N–H and O–H groups in total. The van der Waals surface area contributed by atoms with Gasteiger partial charge in [0.2, 0.25) is 5.91 Å². The quantitative estimate of drug-likeness (QED) is 0.222. The third-order valence-corrected chi connectivity index (χ3v) is 7.35. The number of nitrogens with zero attached hydrogens (tertiary/aromatic N) is 3. The van der Waals surface area contributed by atoms with Crippen molar-refractivity contribution in [2.75, 3.05) is 27.2 Å². The van der Waals surface area contributed by atoms with E-state index in [1.807, 2.05) is 0 Å². The number of benzene rings is 2. The van der Waals surface area contributed by atoms with Crippen molar-refractivity contribution in [1.82, 2.24) is 9.47 Å². The normalized spacial score (nSPS) is 12.0. The second kappa shape index (κ2) is 10.9. The number of unbranched alkanes of at least 4 members (excludes halogenated alkanes) is 2. The fourth-order valence-corrected chi connectivity index (χ4v) is 4.75. The lowest BCUT2D eigenvalue weighted by atomic mass is 10.1. The maximum absolute atomic E-state index is 12.8. The molecule has 0 saturated heterocycles. The lowest BCUT2D eigenvalue weighted by molar-refractivity contribution is -0.901. The minimum absolute atomic E-state index is 0.000620. The van der Waals surface area contributed by atoms with Crippen LogP contribution in [-0.2, 0) is 24.4 Å². The Kier molecular flexibility index (Phi) is 7.78. The van der Waals surface area contributed by atoms with Crippen LogP contribution in [0.1, 0.15) is 44.2 Å². The third-order valence-electron chi connectivity index (χ3n) is 7.35. The van der Waals surface area contributed by atoms with Gasteiger partial charge in [-0.05, 0) is 43.9 Å². The number of amides is 1. The van der Waals surface area contributed by atoms with Crippen molar-refractivity contribution in [2.45, 2.75) is 52.7 Å². The van der Waals surface area contributed by atoms with Gasteiger partial charge in [0.05, 0.1) is 42.2 Å². The average molecular weight is 521 g/mol. The first-order valence-corrected chi connectivity index (χ1v) is 13.0. The van der Waals surface area contributed by atoms with Crippen LogP contribution in [0.15, 0.2) is 60.0 Å². The smallest absolute Gasteiger partial charge is 0.346 e. The highest BCUT2D eigenvalue weighted by molar-refractivity contribution is 5.97. The highest BCUT2D eigenvalue weighted by Gasteiger charge is 2.18. The van der Waals surface area contributed by atoms with Gasteiger partial charge in [0.25, 0.3) is 11.1 Å². The van der Waals surface area contributed by atoms with Gasteiger partial charge < -0.3 is 13.8 Å². The summed E-state index contributed by atoms with van der Waals surface area (Å²) in [6.45, 7) is 7.07. The van der Waals surface area contributed by atoms with Gasteiger partial charge in [-0.1, -0.05) is 24.3 Å². The van der Waals surface area contributed by atoms with Crippen molar-refractivity contribution in [3.05, 3.63) is 89.1 Å². The monoisotopic (exact) mass is 520 g/mol. The van der Waals surface area contributed by atoms with Crippen molar-refractivity contribution >= 4 is 27.5 Å². The third kappa shape index (κ3) is 5.67. The fraction of sp³-hybridized carbons (Fsp3) is 0.414. The Morgan fingerprint density at radius 3 is 1.92 bits per heavy atom.